The Hall–Kier alpha value is -5.84. The molecular formula is C42H41F9N2O11. The van der Waals surface area contributed by atoms with Gasteiger partial charge in [0, 0.05) is 64.2 Å². The van der Waals surface area contributed by atoms with Crippen LogP contribution < -0.4 is 0 Å². The highest BCUT2D eigenvalue weighted by atomic mass is 19.4. The van der Waals surface area contributed by atoms with Gasteiger partial charge in [-0.05, 0) is 6.92 Å². The number of Topliss-reactive ketones (excluding diaryl/α,β-unsaturated/α-hetero) is 1. The van der Waals surface area contributed by atoms with Gasteiger partial charge in [-0.15, -0.1) is 0 Å². The molecule has 0 fully saturated rings. The van der Waals surface area contributed by atoms with E-state index in [-0.39, 0.29) is 6.61 Å². The molecule has 4 rings (SSSR count). The highest BCUT2D eigenvalue weighted by Gasteiger charge is 2.67. The highest BCUT2D eigenvalue weighted by molar-refractivity contribution is 5.90. The zero-order valence-electron chi connectivity index (χ0n) is 34.5. The number of alkyl halides is 9. The number of rotatable bonds is 20. The first-order valence-corrected chi connectivity index (χ1v) is 18.8. The summed E-state index contributed by atoms with van der Waals surface area (Å²) in [7, 11) is 1.50. The number of hydrogen-bond acceptors (Lipinski definition) is 12. The lowest BCUT2D eigenvalue weighted by Gasteiger charge is -2.37. The second kappa shape index (κ2) is 20.3. The largest absolute Gasteiger partial charge is 0.463 e. The van der Waals surface area contributed by atoms with E-state index in [2.05, 4.69) is 4.98 Å². The Balaban J connectivity index is 1.98. The van der Waals surface area contributed by atoms with Crippen LogP contribution in [0.15, 0.2) is 97.2 Å². The standard InChI is InChI=1S/C42H41F9N2O11/c1-6-61-25-53-24-30(52-33(53)26(2)54)32(64-36(57)39(60-5,42(49,50)51)29-20-14-9-15-21-29)31(63-35(56)38(59-4,41(46,47)48)28-18-12-8-13-19-28)22-23-62-34(55)37(58-3,40(43,44)45)27-16-10-7-11-17-27/h7-21,24,31-32H,6,22-23,25H2,1-5H3/t31-,32-,37?,38?,39?/m0/s1. The molecule has 0 amide bonds. The Bertz CT molecular complexity index is 2200. The predicted molar refractivity (Wildman–Crippen MR) is 202 cm³/mol. The van der Waals surface area contributed by atoms with Gasteiger partial charge in [0.1, 0.15) is 18.5 Å². The number of ketones is 1. The van der Waals surface area contributed by atoms with E-state index in [9.17, 15) is 32.3 Å². The minimum atomic E-state index is -5.68. The van der Waals surface area contributed by atoms with Gasteiger partial charge in [0.2, 0.25) is 0 Å². The molecule has 64 heavy (non-hydrogen) atoms. The van der Waals surface area contributed by atoms with E-state index in [0.717, 1.165) is 90.5 Å². The SMILES string of the molecule is CCOCn1cc([C@H](OC(=O)C(OC)(c2ccccc2)C(F)(F)F)[C@H](CCOC(=O)C(OC)(c2ccccc2)C(F)(F)F)OC(=O)C(OC)(c2ccccc2)C(F)(F)F)nc1C(C)=O. The van der Waals surface area contributed by atoms with E-state index in [1.54, 1.807) is 6.92 Å². The number of aromatic nitrogens is 2. The quantitative estimate of drug-likeness (QED) is 0.0368. The molecule has 3 unspecified atom stereocenters. The molecule has 4 aromatic rings. The normalized spacial score (nSPS) is 16.0. The van der Waals surface area contributed by atoms with Crippen LogP contribution in [0.3, 0.4) is 0 Å². The van der Waals surface area contributed by atoms with Crippen molar-refractivity contribution in [2.75, 3.05) is 34.5 Å². The molecular weight excluding hydrogens is 879 g/mol. The molecule has 13 nitrogen and oxygen atoms in total. The second-order valence-corrected chi connectivity index (χ2v) is 13.6. The van der Waals surface area contributed by atoms with Gasteiger partial charge in [-0.25, -0.2) is 19.4 Å². The number of esters is 3. The van der Waals surface area contributed by atoms with E-state index in [1.165, 1.54) is 18.2 Å². The molecule has 0 saturated heterocycles. The fraction of sp³-hybridized carbons (Fsp3) is 0.405. The van der Waals surface area contributed by atoms with Crippen molar-refractivity contribution in [3.8, 4) is 0 Å². The first kappa shape index (κ1) is 50.8. The summed E-state index contributed by atoms with van der Waals surface area (Å²) in [6, 6.07) is 15.7. The maximum atomic E-state index is 15.2. The zero-order valence-corrected chi connectivity index (χ0v) is 34.5. The number of hydrogen-bond donors (Lipinski definition) is 0. The van der Waals surface area contributed by atoms with Gasteiger partial charge in [-0.2, -0.15) is 39.5 Å². The van der Waals surface area contributed by atoms with E-state index in [1.807, 2.05) is 0 Å². The summed E-state index contributed by atoms with van der Waals surface area (Å²) in [5.74, 6) is -8.14. The minimum Gasteiger partial charge on any atom is -0.463 e. The van der Waals surface area contributed by atoms with E-state index >= 15 is 26.3 Å². The minimum absolute atomic E-state index is 0.0216. The molecule has 348 valence electrons. The van der Waals surface area contributed by atoms with Gasteiger partial charge < -0.3 is 37.7 Å². The topological polar surface area (TPSA) is 151 Å². The number of ether oxygens (including phenoxy) is 7. The number of methoxy groups -OCH3 is 3. The Morgan fingerprint density at radius 3 is 1.36 bits per heavy atom. The zero-order chi connectivity index (χ0) is 47.7. The monoisotopic (exact) mass is 920 g/mol. The van der Waals surface area contributed by atoms with Crippen molar-refractivity contribution in [2.45, 2.75) is 74.5 Å². The van der Waals surface area contributed by atoms with Crippen LogP contribution in [0.1, 0.15) is 59.4 Å². The number of imidazole rings is 1. The Morgan fingerprint density at radius 2 is 1.00 bits per heavy atom. The molecule has 0 radical (unpaired) electrons. The van der Waals surface area contributed by atoms with Crippen molar-refractivity contribution in [2.24, 2.45) is 0 Å². The second-order valence-electron chi connectivity index (χ2n) is 13.6. The predicted octanol–water partition coefficient (Wildman–Crippen LogP) is 7.82. The molecule has 0 spiro atoms. The average molecular weight is 921 g/mol. The number of halogens is 9. The van der Waals surface area contributed by atoms with Crippen LogP contribution in [0.5, 0.6) is 0 Å². The molecule has 0 N–H and O–H groups in total. The van der Waals surface area contributed by atoms with Crippen molar-refractivity contribution in [1.82, 2.24) is 9.55 Å². The molecule has 0 saturated carbocycles. The van der Waals surface area contributed by atoms with Crippen LogP contribution in [-0.2, 0) is 71.1 Å². The summed E-state index contributed by atoms with van der Waals surface area (Å²) >= 11 is 0. The molecule has 0 aliphatic carbocycles. The summed E-state index contributed by atoms with van der Waals surface area (Å²) in [5, 5.41) is 0. The summed E-state index contributed by atoms with van der Waals surface area (Å²) in [4.78, 5) is 58.7. The third-order valence-electron chi connectivity index (χ3n) is 9.82. The first-order chi connectivity index (χ1) is 30.0. The maximum absolute atomic E-state index is 15.2. The van der Waals surface area contributed by atoms with Crippen molar-refractivity contribution < 1.29 is 91.8 Å². The van der Waals surface area contributed by atoms with Crippen LogP contribution in [0.4, 0.5) is 39.5 Å². The van der Waals surface area contributed by atoms with Crippen LogP contribution in [-0.4, -0.2) is 92.4 Å². The lowest BCUT2D eigenvalue weighted by molar-refractivity contribution is -0.286. The molecule has 1 aromatic heterocycles. The Labute approximate surface area is 359 Å². The van der Waals surface area contributed by atoms with Crippen LogP contribution in [0.2, 0.25) is 0 Å². The Kier molecular flexibility index (Phi) is 16.1. The lowest BCUT2D eigenvalue weighted by Crippen LogP contribution is -2.54. The molecule has 0 bridgehead atoms. The number of benzene rings is 3. The Morgan fingerprint density at radius 1 is 0.609 bits per heavy atom. The third-order valence-corrected chi connectivity index (χ3v) is 9.82. The molecule has 0 aliphatic rings. The summed E-state index contributed by atoms with van der Waals surface area (Å²) in [5.41, 5.74) is -15.2. The molecule has 22 heteroatoms. The van der Waals surface area contributed by atoms with Crippen LogP contribution >= 0.6 is 0 Å². The van der Waals surface area contributed by atoms with Gasteiger partial charge in [0.05, 0.1) is 6.61 Å². The molecule has 1 heterocycles. The van der Waals surface area contributed by atoms with Crippen LogP contribution in [0, 0.1) is 0 Å². The lowest BCUT2D eigenvalue weighted by atomic mass is 9.92. The highest BCUT2D eigenvalue weighted by Crippen LogP contribution is 2.47. The fourth-order valence-corrected chi connectivity index (χ4v) is 6.69. The maximum Gasteiger partial charge on any atom is 0.432 e. The van der Waals surface area contributed by atoms with Crippen molar-refractivity contribution in [1.29, 1.82) is 0 Å². The van der Waals surface area contributed by atoms with Gasteiger partial charge in [0.25, 0.3) is 16.8 Å². The third kappa shape index (κ3) is 9.78. The van der Waals surface area contributed by atoms with Crippen molar-refractivity contribution >= 4 is 23.7 Å². The summed E-state index contributed by atoms with van der Waals surface area (Å²) in [6.45, 7) is 0.728. The smallest absolute Gasteiger partial charge is 0.432 e. The first-order valence-electron chi connectivity index (χ1n) is 18.8. The van der Waals surface area contributed by atoms with E-state index < -0.39 is 119 Å². The van der Waals surface area contributed by atoms with Gasteiger partial charge in [-0.3, -0.25) is 4.79 Å². The number of carbonyl (C=O) groups is 4. The summed E-state index contributed by atoms with van der Waals surface area (Å²) < 4.78 is 172. The van der Waals surface area contributed by atoms with Gasteiger partial charge in [0.15, 0.2) is 17.7 Å². The molecule has 0 aliphatic heterocycles. The average Bonchev–Trinajstić information content (AvgIpc) is 3.67. The van der Waals surface area contributed by atoms with Crippen molar-refractivity contribution in [3.05, 3.63) is 125 Å². The van der Waals surface area contributed by atoms with Crippen LogP contribution in [0.25, 0.3) is 0 Å². The van der Waals surface area contributed by atoms with Gasteiger partial charge in [-0.1, -0.05) is 91.0 Å². The van der Waals surface area contributed by atoms with Gasteiger partial charge >= 0.3 is 36.4 Å². The van der Waals surface area contributed by atoms with E-state index in [4.69, 9.17) is 33.2 Å². The number of nitrogens with zero attached hydrogens (tertiary/aromatic N) is 2. The fourth-order valence-electron chi connectivity index (χ4n) is 6.69. The van der Waals surface area contributed by atoms with E-state index in [0.29, 0.717) is 21.3 Å². The summed E-state index contributed by atoms with van der Waals surface area (Å²) in [6.07, 6.45) is -22.4. The van der Waals surface area contributed by atoms with Crippen molar-refractivity contribution in [3.63, 3.8) is 0 Å². The number of carbonyl (C=O) groups excluding carboxylic acids is 4. The molecule has 3 aromatic carbocycles. The molecule has 5 atom stereocenters.